The van der Waals surface area contributed by atoms with Crippen molar-refractivity contribution in [2.45, 2.75) is 59.3 Å². The van der Waals surface area contributed by atoms with Gasteiger partial charge in [-0.15, -0.1) is 0 Å². The van der Waals surface area contributed by atoms with E-state index < -0.39 is 0 Å². The standard InChI is InChI=1S/C29H35N2O/c1-19-12-14-24-22(16-19)28(4,5)26(30(24)8)10-9-11-27-29(6,7)23-17-20(2)13-15-25(23)31(27)18-21(3)32/h9-17H,18H2,1-8H3/q+1. The Bertz CT molecular complexity index is 1210. The van der Waals surface area contributed by atoms with Gasteiger partial charge in [0, 0.05) is 34.5 Å². The number of fused-ring (bicyclic) bond motifs is 2. The average Bonchev–Trinajstić information content (AvgIpc) is 3.01. The number of anilines is 1. The number of nitrogens with zero attached hydrogens (tertiary/aromatic N) is 2. The minimum absolute atomic E-state index is 0.0601. The van der Waals surface area contributed by atoms with Crippen LogP contribution in [0.25, 0.3) is 0 Å². The molecule has 3 heteroatoms. The predicted molar refractivity (Wildman–Crippen MR) is 135 cm³/mol. The van der Waals surface area contributed by atoms with Crippen LogP contribution < -0.4 is 4.90 Å². The zero-order chi connectivity index (χ0) is 23.4. The topological polar surface area (TPSA) is 23.3 Å². The molecule has 0 saturated carbocycles. The summed E-state index contributed by atoms with van der Waals surface area (Å²) < 4.78 is 2.30. The Balaban J connectivity index is 1.75. The van der Waals surface area contributed by atoms with Crippen molar-refractivity contribution < 1.29 is 9.37 Å². The lowest BCUT2D eigenvalue weighted by molar-refractivity contribution is -0.401. The Hall–Kier alpha value is -2.94. The molecular weight excluding hydrogens is 392 g/mol. The largest absolute Gasteiger partial charge is 0.337 e. The van der Waals surface area contributed by atoms with Gasteiger partial charge in [-0.3, -0.25) is 4.79 Å². The Kier molecular flexibility index (Phi) is 5.27. The van der Waals surface area contributed by atoms with Gasteiger partial charge in [0.2, 0.25) is 5.69 Å². The van der Waals surface area contributed by atoms with Gasteiger partial charge in [-0.1, -0.05) is 49.2 Å². The van der Waals surface area contributed by atoms with Gasteiger partial charge in [-0.05, 0) is 58.4 Å². The van der Waals surface area contributed by atoms with E-state index in [4.69, 9.17) is 0 Å². The first-order valence-electron chi connectivity index (χ1n) is 11.4. The summed E-state index contributed by atoms with van der Waals surface area (Å²) in [6, 6.07) is 13.3. The summed E-state index contributed by atoms with van der Waals surface area (Å²) in [4.78, 5) is 14.3. The molecule has 2 aromatic carbocycles. The highest BCUT2D eigenvalue weighted by atomic mass is 16.1. The van der Waals surface area contributed by atoms with Crippen LogP contribution in [0.2, 0.25) is 0 Å². The molecule has 0 spiro atoms. The van der Waals surface area contributed by atoms with Crippen molar-refractivity contribution in [3.05, 3.63) is 82.6 Å². The number of carbonyl (C=O) groups excluding carboxylic acids is 1. The van der Waals surface area contributed by atoms with E-state index in [0.29, 0.717) is 6.54 Å². The monoisotopic (exact) mass is 427 g/mol. The van der Waals surface area contributed by atoms with E-state index in [-0.39, 0.29) is 16.6 Å². The van der Waals surface area contributed by atoms with Gasteiger partial charge < -0.3 is 4.90 Å². The van der Waals surface area contributed by atoms with Crippen LogP contribution in [0, 0.1) is 13.8 Å². The summed E-state index contributed by atoms with van der Waals surface area (Å²) in [5.74, 6) is 0.168. The molecule has 166 valence electrons. The molecule has 4 rings (SSSR count). The van der Waals surface area contributed by atoms with Gasteiger partial charge in [0.1, 0.15) is 12.8 Å². The molecule has 2 aliphatic heterocycles. The van der Waals surface area contributed by atoms with E-state index in [2.05, 4.69) is 113 Å². The van der Waals surface area contributed by atoms with E-state index in [1.54, 1.807) is 6.92 Å². The number of ketones is 1. The number of hydrogen-bond acceptors (Lipinski definition) is 2. The van der Waals surface area contributed by atoms with Crippen LogP contribution in [0.3, 0.4) is 0 Å². The minimum atomic E-state index is -0.164. The van der Waals surface area contributed by atoms with Crippen LogP contribution >= 0.6 is 0 Å². The highest BCUT2D eigenvalue weighted by Crippen LogP contribution is 2.48. The second-order valence-corrected chi connectivity index (χ2v) is 10.4. The quantitative estimate of drug-likeness (QED) is 0.548. The van der Waals surface area contributed by atoms with Crippen molar-refractivity contribution >= 4 is 22.9 Å². The molecule has 0 fully saturated rings. The Labute approximate surface area is 192 Å². The first kappa shape index (κ1) is 22.3. The molecule has 2 aliphatic rings. The maximum atomic E-state index is 12.1. The van der Waals surface area contributed by atoms with Gasteiger partial charge >= 0.3 is 0 Å². The number of allylic oxidation sites excluding steroid dienone is 4. The van der Waals surface area contributed by atoms with E-state index in [1.807, 2.05) is 0 Å². The normalized spacial score (nSPS) is 19.8. The van der Waals surface area contributed by atoms with Crippen LogP contribution in [0.4, 0.5) is 11.4 Å². The Morgan fingerprint density at radius 2 is 1.59 bits per heavy atom. The maximum absolute atomic E-state index is 12.1. The van der Waals surface area contributed by atoms with Gasteiger partial charge in [-0.2, -0.15) is 4.58 Å². The fourth-order valence-corrected chi connectivity index (χ4v) is 5.36. The molecule has 0 amide bonds. The molecule has 2 heterocycles. The van der Waals surface area contributed by atoms with Crippen molar-refractivity contribution in [1.29, 1.82) is 0 Å². The first-order valence-corrected chi connectivity index (χ1v) is 11.4. The summed E-state index contributed by atoms with van der Waals surface area (Å²) in [6.07, 6.45) is 6.59. The van der Waals surface area contributed by atoms with Gasteiger partial charge in [0.15, 0.2) is 5.71 Å². The zero-order valence-electron chi connectivity index (χ0n) is 20.7. The van der Waals surface area contributed by atoms with Crippen molar-refractivity contribution in [3.8, 4) is 0 Å². The summed E-state index contributed by atoms with van der Waals surface area (Å²) >= 11 is 0. The van der Waals surface area contributed by atoms with Crippen LogP contribution in [-0.4, -0.2) is 29.7 Å². The third-order valence-corrected chi connectivity index (χ3v) is 7.12. The minimum Gasteiger partial charge on any atom is -0.337 e. The van der Waals surface area contributed by atoms with Crippen molar-refractivity contribution in [1.82, 2.24) is 0 Å². The van der Waals surface area contributed by atoms with E-state index in [1.165, 1.54) is 33.7 Å². The second kappa shape index (κ2) is 7.58. The number of benzene rings is 2. The molecular formula is C29H35N2O+. The highest BCUT2D eigenvalue weighted by molar-refractivity contribution is 6.03. The Morgan fingerprint density at radius 3 is 2.25 bits per heavy atom. The number of Topliss-reactive ketones (excluding diaryl/α,β-unsaturated/α-hetero) is 1. The third kappa shape index (κ3) is 3.44. The molecule has 0 aliphatic carbocycles. The molecule has 0 unspecified atom stereocenters. The van der Waals surface area contributed by atoms with Crippen LogP contribution in [0.15, 0.2) is 60.3 Å². The summed E-state index contributed by atoms with van der Waals surface area (Å²) in [6.45, 7) is 15.4. The molecule has 0 bridgehead atoms. The van der Waals surface area contributed by atoms with E-state index in [9.17, 15) is 4.79 Å². The lowest BCUT2D eigenvalue weighted by Crippen LogP contribution is -2.30. The third-order valence-electron chi connectivity index (χ3n) is 7.12. The molecule has 2 aromatic rings. The van der Waals surface area contributed by atoms with Crippen molar-refractivity contribution in [3.63, 3.8) is 0 Å². The predicted octanol–water partition coefficient (Wildman–Crippen LogP) is 6.14. The smallest absolute Gasteiger partial charge is 0.209 e. The molecule has 0 N–H and O–H groups in total. The van der Waals surface area contributed by atoms with Crippen molar-refractivity contribution in [2.24, 2.45) is 0 Å². The second-order valence-electron chi connectivity index (χ2n) is 10.4. The number of aryl methyl sites for hydroxylation is 2. The molecule has 0 radical (unpaired) electrons. The lowest BCUT2D eigenvalue weighted by atomic mass is 9.80. The molecule has 3 nitrogen and oxygen atoms in total. The first-order chi connectivity index (χ1) is 14.9. The zero-order valence-corrected chi connectivity index (χ0v) is 20.7. The summed E-state index contributed by atoms with van der Waals surface area (Å²) in [7, 11) is 2.15. The molecule has 0 saturated heterocycles. The van der Waals surface area contributed by atoms with Gasteiger partial charge in [0.25, 0.3) is 0 Å². The molecule has 0 atom stereocenters. The van der Waals surface area contributed by atoms with Crippen LogP contribution in [-0.2, 0) is 15.6 Å². The highest BCUT2D eigenvalue weighted by Gasteiger charge is 2.43. The summed E-state index contributed by atoms with van der Waals surface area (Å²) in [5, 5.41) is 0. The summed E-state index contributed by atoms with van der Waals surface area (Å²) in [5.41, 5.74) is 9.82. The van der Waals surface area contributed by atoms with Crippen LogP contribution in [0.5, 0.6) is 0 Å². The maximum Gasteiger partial charge on any atom is 0.209 e. The fourth-order valence-electron chi connectivity index (χ4n) is 5.36. The van der Waals surface area contributed by atoms with Crippen LogP contribution in [0.1, 0.15) is 56.9 Å². The SMILES string of the molecule is CC(=O)CN1/C(=C/C=C/C2=[N+](C)c3ccc(C)cc3C2(C)C)C(C)(C)c2cc(C)ccc21. The van der Waals surface area contributed by atoms with Gasteiger partial charge in [-0.25, -0.2) is 0 Å². The molecule has 32 heavy (non-hydrogen) atoms. The number of hydrogen-bond donors (Lipinski definition) is 0. The number of rotatable bonds is 4. The molecule has 0 aromatic heterocycles. The number of carbonyl (C=O) groups is 1. The Morgan fingerprint density at radius 1 is 0.969 bits per heavy atom. The average molecular weight is 428 g/mol. The van der Waals surface area contributed by atoms with Gasteiger partial charge in [0.05, 0.1) is 12.0 Å². The fraction of sp³-hybridized carbons (Fsp3) is 0.379. The van der Waals surface area contributed by atoms with Crippen molar-refractivity contribution in [2.75, 3.05) is 18.5 Å². The van der Waals surface area contributed by atoms with E-state index >= 15 is 0 Å². The lowest BCUT2D eigenvalue weighted by Gasteiger charge is -2.26. The van der Waals surface area contributed by atoms with E-state index in [0.717, 1.165) is 11.4 Å².